The molecule has 1 N–H and O–H groups in total. The van der Waals surface area contributed by atoms with Crippen molar-refractivity contribution in [3.8, 4) is 5.75 Å². The van der Waals surface area contributed by atoms with Crippen molar-refractivity contribution in [2.75, 3.05) is 29.9 Å². The summed E-state index contributed by atoms with van der Waals surface area (Å²) in [5.41, 5.74) is 1.98. The number of thiophene rings is 1. The average molecular weight is 330 g/mol. The second kappa shape index (κ2) is 7.51. The van der Waals surface area contributed by atoms with E-state index in [1.54, 1.807) is 0 Å². The third-order valence-electron chi connectivity index (χ3n) is 3.98. The molecule has 0 radical (unpaired) electrons. The number of anilines is 2. The molecular formula is C18H22N2O2S. The van der Waals surface area contributed by atoms with Crippen molar-refractivity contribution in [2.45, 2.75) is 26.2 Å². The van der Waals surface area contributed by atoms with E-state index in [1.165, 1.54) is 30.6 Å². The number of nitrogens with zero attached hydrogens (tertiary/aromatic N) is 1. The maximum Gasteiger partial charge on any atom is 0.269 e. The van der Waals surface area contributed by atoms with Crippen LogP contribution in [0.2, 0.25) is 0 Å². The number of hydrogen-bond acceptors (Lipinski definition) is 4. The molecule has 1 aliphatic rings. The van der Waals surface area contributed by atoms with E-state index >= 15 is 0 Å². The van der Waals surface area contributed by atoms with Gasteiger partial charge in [-0.1, -0.05) is 12.1 Å². The number of piperidine rings is 1. The second-order valence-corrected chi connectivity index (χ2v) is 6.48. The van der Waals surface area contributed by atoms with Gasteiger partial charge < -0.3 is 15.0 Å². The SMILES string of the molecule is CCOc1ccsc1C(=O)Nc1ccccc1N1CCCCC1. The molecule has 23 heavy (non-hydrogen) atoms. The average Bonchev–Trinajstić information content (AvgIpc) is 3.05. The predicted molar refractivity (Wildman–Crippen MR) is 95.9 cm³/mol. The van der Waals surface area contributed by atoms with Crippen molar-refractivity contribution >= 4 is 28.6 Å². The highest BCUT2D eigenvalue weighted by atomic mass is 32.1. The Morgan fingerprint density at radius 1 is 1.22 bits per heavy atom. The Kier molecular flexibility index (Phi) is 5.18. The van der Waals surface area contributed by atoms with Crippen molar-refractivity contribution in [1.29, 1.82) is 0 Å². The predicted octanol–water partition coefficient (Wildman–Crippen LogP) is 4.39. The quantitative estimate of drug-likeness (QED) is 0.884. The third-order valence-corrected chi connectivity index (χ3v) is 4.88. The van der Waals surface area contributed by atoms with Crippen LogP contribution in [-0.4, -0.2) is 25.6 Å². The van der Waals surface area contributed by atoms with E-state index in [-0.39, 0.29) is 5.91 Å². The summed E-state index contributed by atoms with van der Waals surface area (Å²) in [5.74, 6) is 0.554. The Morgan fingerprint density at radius 3 is 2.78 bits per heavy atom. The summed E-state index contributed by atoms with van der Waals surface area (Å²) in [4.78, 5) is 15.6. The minimum absolute atomic E-state index is 0.104. The highest BCUT2D eigenvalue weighted by molar-refractivity contribution is 7.12. The summed E-state index contributed by atoms with van der Waals surface area (Å²) in [6.07, 6.45) is 3.71. The number of carbonyl (C=O) groups excluding carboxylic acids is 1. The summed E-state index contributed by atoms with van der Waals surface area (Å²) in [5, 5.41) is 4.94. The van der Waals surface area contributed by atoms with Crippen LogP contribution >= 0.6 is 11.3 Å². The van der Waals surface area contributed by atoms with Gasteiger partial charge in [0.1, 0.15) is 10.6 Å². The van der Waals surface area contributed by atoms with E-state index in [0.29, 0.717) is 17.2 Å². The molecule has 4 nitrogen and oxygen atoms in total. The van der Waals surface area contributed by atoms with Crippen molar-refractivity contribution in [1.82, 2.24) is 0 Å². The normalized spacial score (nSPS) is 14.6. The van der Waals surface area contributed by atoms with Crippen LogP contribution < -0.4 is 15.0 Å². The minimum atomic E-state index is -0.104. The molecule has 2 aromatic rings. The second-order valence-electron chi connectivity index (χ2n) is 5.57. The van der Waals surface area contributed by atoms with Gasteiger partial charge in [-0.05, 0) is 49.8 Å². The Hall–Kier alpha value is -2.01. The van der Waals surface area contributed by atoms with Crippen LogP contribution in [0.3, 0.4) is 0 Å². The number of rotatable bonds is 5. The first-order valence-electron chi connectivity index (χ1n) is 8.15. The number of hydrogen-bond donors (Lipinski definition) is 1. The van der Waals surface area contributed by atoms with E-state index in [1.807, 2.05) is 36.6 Å². The molecule has 1 aromatic carbocycles. The van der Waals surface area contributed by atoms with Gasteiger partial charge in [0.2, 0.25) is 0 Å². The van der Waals surface area contributed by atoms with Gasteiger partial charge in [0.25, 0.3) is 5.91 Å². The Morgan fingerprint density at radius 2 is 2.00 bits per heavy atom. The number of amides is 1. The number of para-hydroxylation sites is 2. The highest BCUT2D eigenvalue weighted by Crippen LogP contribution is 2.31. The number of benzene rings is 1. The third kappa shape index (κ3) is 3.67. The molecule has 1 saturated heterocycles. The zero-order chi connectivity index (χ0) is 16.1. The molecule has 1 amide bonds. The van der Waals surface area contributed by atoms with Crippen LogP contribution in [0, 0.1) is 0 Å². The molecule has 0 saturated carbocycles. The van der Waals surface area contributed by atoms with Crippen LogP contribution in [0.25, 0.3) is 0 Å². The van der Waals surface area contributed by atoms with Crippen molar-refractivity contribution in [3.05, 3.63) is 40.6 Å². The van der Waals surface area contributed by atoms with Gasteiger partial charge in [0.15, 0.2) is 0 Å². The Labute approximate surface area is 141 Å². The molecule has 1 aliphatic heterocycles. The van der Waals surface area contributed by atoms with Crippen LogP contribution in [0.1, 0.15) is 35.9 Å². The lowest BCUT2D eigenvalue weighted by molar-refractivity contribution is 0.102. The van der Waals surface area contributed by atoms with Gasteiger partial charge in [-0.3, -0.25) is 4.79 Å². The van der Waals surface area contributed by atoms with Crippen LogP contribution in [0.5, 0.6) is 5.75 Å². The topological polar surface area (TPSA) is 41.6 Å². The molecule has 0 spiro atoms. The standard InChI is InChI=1S/C18H22N2O2S/c1-2-22-16-10-13-23-17(16)18(21)19-14-8-4-5-9-15(14)20-11-6-3-7-12-20/h4-5,8-10,13H,2-3,6-7,11-12H2,1H3,(H,19,21). The lowest BCUT2D eigenvalue weighted by Crippen LogP contribution is -2.30. The first kappa shape index (κ1) is 15.9. The molecule has 2 heterocycles. The van der Waals surface area contributed by atoms with Crippen molar-refractivity contribution < 1.29 is 9.53 Å². The number of ether oxygens (including phenoxy) is 1. The first-order valence-corrected chi connectivity index (χ1v) is 9.03. The fourth-order valence-corrected chi connectivity index (χ4v) is 3.63. The van der Waals surface area contributed by atoms with Crippen LogP contribution in [-0.2, 0) is 0 Å². The maximum absolute atomic E-state index is 12.6. The lowest BCUT2D eigenvalue weighted by Gasteiger charge is -2.30. The fraction of sp³-hybridized carbons (Fsp3) is 0.389. The van der Waals surface area contributed by atoms with E-state index in [9.17, 15) is 4.79 Å². The van der Waals surface area contributed by atoms with Gasteiger partial charge in [0.05, 0.1) is 18.0 Å². The van der Waals surface area contributed by atoms with Crippen molar-refractivity contribution in [2.24, 2.45) is 0 Å². The molecule has 0 unspecified atom stereocenters. The molecule has 3 rings (SSSR count). The monoisotopic (exact) mass is 330 g/mol. The van der Waals surface area contributed by atoms with Gasteiger partial charge >= 0.3 is 0 Å². The Balaban J connectivity index is 1.79. The molecule has 0 atom stereocenters. The molecular weight excluding hydrogens is 308 g/mol. The number of carbonyl (C=O) groups is 1. The molecule has 1 aromatic heterocycles. The molecule has 5 heteroatoms. The zero-order valence-electron chi connectivity index (χ0n) is 13.4. The summed E-state index contributed by atoms with van der Waals surface area (Å²) in [7, 11) is 0. The van der Waals surface area contributed by atoms with E-state index in [2.05, 4.69) is 16.3 Å². The van der Waals surface area contributed by atoms with Crippen LogP contribution in [0.15, 0.2) is 35.7 Å². The maximum atomic E-state index is 12.6. The smallest absolute Gasteiger partial charge is 0.269 e. The molecule has 122 valence electrons. The van der Waals surface area contributed by atoms with Gasteiger partial charge in [-0.2, -0.15) is 0 Å². The lowest BCUT2D eigenvalue weighted by atomic mass is 10.1. The van der Waals surface area contributed by atoms with E-state index in [0.717, 1.165) is 24.5 Å². The van der Waals surface area contributed by atoms with Crippen molar-refractivity contribution in [3.63, 3.8) is 0 Å². The summed E-state index contributed by atoms with van der Waals surface area (Å²) in [6.45, 7) is 4.58. The minimum Gasteiger partial charge on any atom is -0.492 e. The fourth-order valence-electron chi connectivity index (χ4n) is 2.90. The molecule has 0 bridgehead atoms. The summed E-state index contributed by atoms with van der Waals surface area (Å²) in [6, 6.07) is 9.88. The highest BCUT2D eigenvalue weighted by Gasteiger charge is 2.18. The van der Waals surface area contributed by atoms with E-state index < -0.39 is 0 Å². The number of nitrogens with one attached hydrogen (secondary N) is 1. The largest absolute Gasteiger partial charge is 0.492 e. The Bertz CT molecular complexity index is 663. The first-order chi connectivity index (χ1) is 11.3. The van der Waals surface area contributed by atoms with E-state index in [4.69, 9.17) is 4.74 Å². The van der Waals surface area contributed by atoms with Gasteiger partial charge in [0, 0.05) is 13.1 Å². The summed E-state index contributed by atoms with van der Waals surface area (Å²) >= 11 is 1.41. The molecule has 0 aliphatic carbocycles. The van der Waals surface area contributed by atoms with Gasteiger partial charge in [-0.15, -0.1) is 11.3 Å². The van der Waals surface area contributed by atoms with Gasteiger partial charge in [-0.25, -0.2) is 0 Å². The zero-order valence-corrected chi connectivity index (χ0v) is 14.2. The van der Waals surface area contributed by atoms with Crippen LogP contribution in [0.4, 0.5) is 11.4 Å². The summed E-state index contributed by atoms with van der Waals surface area (Å²) < 4.78 is 5.52. The molecule has 1 fully saturated rings.